The van der Waals surface area contributed by atoms with Crippen LogP contribution in [0.1, 0.15) is 31.2 Å². The van der Waals surface area contributed by atoms with Crippen LogP contribution in [-0.2, 0) is 6.54 Å². The summed E-state index contributed by atoms with van der Waals surface area (Å²) in [5.74, 6) is 0.620. The third-order valence-electron chi connectivity index (χ3n) is 5.75. The van der Waals surface area contributed by atoms with Gasteiger partial charge in [-0.15, -0.1) is 0 Å². The van der Waals surface area contributed by atoms with E-state index >= 15 is 0 Å². The van der Waals surface area contributed by atoms with Gasteiger partial charge in [0, 0.05) is 48.3 Å². The zero-order valence-corrected chi connectivity index (χ0v) is 18.1. The van der Waals surface area contributed by atoms with E-state index in [4.69, 9.17) is 10.5 Å². The van der Waals surface area contributed by atoms with E-state index in [-0.39, 0.29) is 18.1 Å². The minimum Gasteiger partial charge on any atom is -0.467 e. The number of methoxy groups -OCH3 is 1. The van der Waals surface area contributed by atoms with Crippen LogP contribution in [-0.4, -0.2) is 40.2 Å². The van der Waals surface area contributed by atoms with Crippen molar-refractivity contribution in [2.75, 3.05) is 12.0 Å². The SMILES string of the molecule is COc1ncc(-c2ccc(N(C(=O)NCc3ccccc3)C3CCC(N)CC3)nc2)cn1. The Morgan fingerprint density at radius 1 is 1.00 bits per heavy atom. The summed E-state index contributed by atoms with van der Waals surface area (Å²) in [4.78, 5) is 27.9. The molecule has 4 rings (SSSR count). The van der Waals surface area contributed by atoms with Crippen molar-refractivity contribution in [3.05, 3.63) is 66.6 Å². The van der Waals surface area contributed by atoms with Crippen molar-refractivity contribution in [2.24, 2.45) is 5.73 Å². The molecule has 0 aliphatic heterocycles. The van der Waals surface area contributed by atoms with Crippen LogP contribution in [0.2, 0.25) is 0 Å². The molecule has 3 aromatic rings. The summed E-state index contributed by atoms with van der Waals surface area (Å²) in [6, 6.07) is 14.1. The predicted octanol–water partition coefficient (Wildman–Crippen LogP) is 3.53. The van der Waals surface area contributed by atoms with Gasteiger partial charge in [0.2, 0.25) is 0 Å². The second-order valence-corrected chi connectivity index (χ2v) is 7.95. The molecule has 0 bridgehead atoms. The van der Waals surface area contributed by atoms with Gasteiger partial charge in [-0.3, -0.25) is 4.90 Å². The summed E-state index contributed by atoms with van der Waals surface area (Å²) in [5, 5.41) is 3.05. The Morgan fingerprint density at radius 2 is 1.69 bits per heavy atom. The van der Waals surface area contributed by atoms with Gasteiger partial charge in [-0.05, 0) is 43.4 Å². The van der Waals surface area contributed by atoms with E-state index in [1.165, 1.54) is 7.11 Å². The van der Waals surface area contributed by atoms with Gasteiger partial charge in [0.15, 0.2) is 0 Å². The quantitative estimate of drug-likeness (QED) is 0.617. The van der Waals surface area contributed by atoms with Crippen molar-refractivity contribution in [1.29, 1.82) is 0 Å². The summed E-state index contributed by atoms with van der Waals surface area (Å²) in [5.41, 5.74) is 8.84. The van der Waals surface area contributed by atoms with E-state index in [1.807, 2.05) is 42.5 Å². The van der Waals surface area contributed by atoms with Gasteiger partial charge in [0.25, 0.3) is 0 Å². The molecule has 2 heterocycles. The minimum absolute atomic E-state index is 0.0632. The third kappa shape index (κ3) is 5.20. The third-order valence-corrected chi connectivity index (χ3v) is 5.75. The first-order valence-electron chi connectivity index (χ1n) is 10.8. The molecule has 1 saturated carbocycles. The number of nitrogens with one attached hydrogen (secondary N) is 1. The number of ether oxygens (including phenoxy) is 1. The van der Waals surface area contributed by atoms with Crippen molar-refractivity contribution in [3.8, 4) is 17.1 Å². The van der Waals surface area contributed by atoms with Crippen molar-refractivity contribution in [3.63, 3.8) is 0 Å². The molecule has 1 aliphatic carbocycles. The number of carbonyl (C=O) groups is 1. The first kappa shape index (κ1) is 21.7. The highest BCUT2D eigenvalue weighted by atomic mass is 16.5. The molecule has 2 amide bonds. The Kier molecular flexibility index (Phi) is 6.91. The fourth-order valence-electron chi connectivity index (χ4n) is 3.95. The number of hydrogen-bond acceptors (Lipinski definition) is 6. The summed E-state index contributed by atoms with van der Waals surface area (Å²) < 4.78 is 5.01. The monoisotopic (exact) mass is 432 g/mol. The van der Waals surface area contributed by atoms with Gasteiger partial charge >= 0.3 is 12.0 Å². The van der Waals surface area contributed by atoms with E-state index in [2.05, 4.69) is 20.3 Å². The van der Waals surface area contributed by atoms with Crippen molar-refractivity contribution < 1.29 is 9.53 Å². The molecule has 1 aromatic carbocycles. The van der Waals surface area contributed by atoms with E-state index in [9.17, 15) is 4.79 Å². The summed E-state index contributed by atoms with van der Waals surface area (Å²) >= 11 is 0. The molecular formula is C24H28N6O2. The molecule has 0 atom stereocenters. The standard InChI is InChI=1S/C24H28N6O2/c1-32-23-27-15-19(16-28-23)18-7-12-22(26-14-18)30(21-10-8-20(25)9-11-21)24(31)29-13-17-5-3-2-4-6-17/h2-7,12,14-16,20-21H,8-11,13,25H2,1H3,(H,29,31). The highest BCUT2D eigenvalue weighted by molar-refractivity contribution is 5.91. The molecule has 166 valence electrons. The maximum absolute atomic E-state index is 13.2. The van der Waals surface area contributed by atoms with Crippen LogP contribution in [0.15, 0.2) is 61.1 Å². The number of nitrogens with zero attached hydrogens (tertiary/aromatic N) is 4. The predicted molar refractivity (Wildman–Crippen MR) is 123 cm³/mol. The van der Waals surface area contributed by atoms with Crippen molar-refractivity contribution in [1.82, 2.24) is 20.3 Å². The maximum Gasteiger partial charge on any atom is 0.323 e. The van der Waals surface area contributed by atoms with Gasteiger partial charge in [-0.2, -0.15) is 0 Å². The molecule has 0 saturated heterocycles. The maximum atomic E-state index is 13.2. The van der Waals surface area contributed by atoms with Crippen LogP contribution < -0.4 is 20.7 Å². The fourth-order valence-corrected chi connectivity index (χ4v) is 3.95. The average Bonchev–Trinajstić information content (AvgIpc) is 2.85. The number of anilines is 1. The minimum atomic E-state index is -0.151. The second kappa shape index (κ2) is 10.2. The van der Waals surface area contributed by atoms with E-state index in [1.54, 1.807) is 23.5 Å². The van der Waals surface area contributed by atoms with Crippen LogP contribution in [0.4, 0.5) is 10.6 Å². The number of aromatic nitrogens is 3. The number of amides is 2. The van der Waals surface area contributed by atoms with Crippen molar-refractivity contribution >= 4 is 11.8 Å². The van der Waals surface area contributed by atoms with Gasteiger partial charge in [0.1, 0.15) is 5.82 Å². The van der Waals surface area contributed by atoms with Crippen molar-refractivity contribution in [2.45, 2.75) is 44.3 Å². The highest BCUT2D eigenvalue weighted by Gasteiger charge is 2.29. The normalized spacial score (nSPS) is 18.1. The van der Waals surface area contributed by atoms with Gasteiger partial charge in [0.05, 0.1) is 7.11 Å². The zero-order valence-electron chi connectivity index (χ0n) is 18.1. The first-order chi connectivity index (χ1) is 15.6. The fraction of sp³-hybridized carbons (Fsp3) is 0.333. The Morgan fingerprint density at radius 3 is 2.31 bits per heavy atom. The van der Waals surface area contributed by atoms with Gasteiger partial charge in [-0.25, -0.2) is 19.7 Å². The summed E-state index contributed by atoms with van der Waals surface area (Å²) in [7, 11) is 1.53. The van der Waals surface area contributed by atoms with Crippen LogP contribution in [0.3, 0.4) is 0 Å². The lowest BCUT2D eigenvalue weighted by Gasteiger charge is -2.35. The van der Waals surface area contributed by atoms with E-state index in [0.717, 1.165) is 42.4 Å². The largest absolute Gasteiger partial charge is 0.467 e. The lowest BCUT2D eigenvalue weighted by Crippen LogP contribution is -2.49. The molecular weight excluding hydrogens is 404 g/mol. The first-order valence-corrected chi connectivity index (χ1v) is 10.8. The molecule has 1 fully saturated rings. The molecule has 2 aromatic heterocycles. The number of rotatable bonds is 6. The topological polar surface area (TPSA) is 106 Å². The lowest BCUT2D eigenvalue weighted by atomic mass is 9.91. The highest BCUT2D eigenvalue weighted by Crippen LogP contribution is 2.28. The van der Waals surface area contributed by atoms with Gasteiger partial charge < -0.3 is 15.8 Å². The zero-order chi connectivity index (χ0) is 22.3. The summed E-state index contributed by atoms with van der Waals surface area (Å²) in [6.07, 6.45) is 8.63. The van der Waals surface area contributed by atoms with Gasteiger partial charge in [-0.1, -0.05) is 30.3 Å². The smallest absolute Gasteiger partial charge is 0.323 e. The lowest BCUT2D eigenvalue weighted by molar-refractivity contribution is 0.239. The number of pyridine rings is 1. The molecule has 3 N–H and O–H groups in total. The molecule has 32 heavy (non-hydrogen) atoms. The number of benzene rings is 1. The Hall–Kier alpha value is -3.52. The number of nitrogens with two attached hydrogens (primary N) is 1. The number of carbonyl (C=O) groups excluding carboxylic acids is 1. The Labute approximate surface area is 187 Å². The Bertz CT molecular complexity index is 1000. The molecule has 0 spiro atoms. The number of hydrogen-bond donors (Lipinski definition) is 2. The molecule has 1 aliphatic rings. The average molecular weight is 433 g/mol. The molecule has 0 radical (unpaired) electrons. The van der Waals surface area contributed by atoms with Crippen LogP contribution in [0.5, 0.6) is 6.01 Å². The molecule has 8 heteroatoms. The molecule has 0 unspecified atom stereocenters. The molecule has 8 nitrogen and oxygen atoms in total. The second-order valence-electron chi connectivity index (χ2n) is 7.95. The van der Waals surface area contributed by atoms with Crippen LogP contribution >= 0.6 is 0 Å². The van der Waals surface area contributed by atoms with E-state index < -0.39 is 0 Å². The number of urea groups is 1. The van der Waals surface area contributed by atoms with Crippen LogP contribution in [0, 0.1) is 0 Å². The van der Waals surface area contributed by atoms with Crippen LogP contribution in [0.25, 0.3) is 11.1 Å². The van der Waals surface area contributed by atoms with E-state index in [0.29, 0.717) is 18.4 Å². The Balaban J connectivity index is 1.53. The summed E-state index contributed by atoms with van der Waals surface area (Å²) in [6.45, 7) is 0.462.